The fourth-order valence-corrected chi connectivity index (χ4v) is 1.66. The van der Waals surface area contributed by atoms with Gasteiger partial charge in [0.2, 0.25) is 0 Å². The maximum Gasteiger partial charge on any atom is 0.410 e. The maximum atomic E-state index is 11.8. The third-order valence-electron chi connectivity index (χ3n) is 2.55. The third kappa shape index (κ3) is 5.34. The molecule has 1 saturated heterocycles. The molecule has 0 aliphatic carbocycles. The number of rotatable bonds is 3. The van der Waals surface area contributed by atoms with Crippen molar-refractivity contribution in [2.75, 3.05) is 39.3 Å². The highest BCUT2D eigenvalue weighted by molar-refractivity contribution is 5.68. The van der Waals surface area contributed by atoms with Gasteiger partial charge in [0.05, 0.1) is 6.61 Å². The Labute approximate surface area is 103 Å². The minimum absolute atomic E-state index is 0.229. The quantitative estimate of drug-likeness (QED) is 0.730. The summed E-state index contributed by atoms with van der Waals surface area (Å²) in [5, 5.41) is 0. The summed E-state index contributed by atoms with van der Waals surface area (Å²) in [6.45, 7) is 10.0. The largest absolute Gasteiger partial charge is 0.444 e. The van der Waals surface area contributed by atoms with Gasteiger partial charge >= 0.3 is 6.09 Å². The molecule has 0 aromatic rings. The number of carbonyl (C=O) groups excluding carboxylic acids is 1. The van der Waals surface area contributed by atoms with Crippen LogP contribution in [0.3, 0.4) is 0 Å². The van der Waals surface area contributed by atoms with E-state index in [1.165, 1.54) is 0 Å². The van der Waals surface area contributed by atoms with Crippen molar-refractivity contribution in [2.45, 2.75) is 26.4 Å². The Balaban J connectivity index is 2.29. The van der Waals surface area contributed by atoms with Crippen molar-refractivity contribution >= 4 is 6.09 Å². The molecule has 100 valence electrons. The van der Waals surface area contributed by atoms with Gasteiger partial charge in [-0.25, -0.2) is 10.7 Å². The van der Waals surface area contributed by atoms with Crippen LogP contribution in [0, 0.1) is 0 Å². The van der Waals surface area contributed by atoms with Crippen LogP contribution in [0.1, 0.15) is 20.8 Å². The molecule has 2 N–H and O–H groups in total. The summed E-state index contributed by atoms with van der Waals surface area (Å²) in [7, 11) is 0. The van der Waals surface area contributed by atoms with Gasteiger partial charge < -0.3 is 14.5 Å². The number of ether oxygens (including phenoxy) is 1. The lowest BCUT2D eigenvalue weighted by atomic mass is 10.2. The Morgan fingerprint density at radius 3 is 2.29 bits per heavy atom. The van der Waals surface area contributed by atoms with E-state index in [-0.39, 0.29) is 6.09 Å². The lowest BCUT2D eigenvalue weighted by Crippen LogP contribution is -2.50. The minimum Gasteiger partial charge on any atom is -0.444 e. The highest BCUT2D eigenvalue weighted by Gasteiger charge is 2.25. The normalized spacial score (nSPS) is 18.2. The van der Waals surface area contributed by atoms with E-state index in [2.05, 4.69) is 9.74 Å². The first-order chi connectivity index (χ1) is 7.92. The minimum atomic E-state index is -0.429. The Morgan fingerprint density at radius 1 is 1.24 bits per heavy atom. The Kier molecular flexibility index (Phi) is 5.17. The molecule has 0 bridgehead atoms. The molecule has 1 aliphatic heterocycles. The van der Waals surface area contributed by atoms with E-state index in [1.807, 2.05) is 20.8 Å². The van der Waals surface area contributed by atoms with Crippen LogP contribution >= 0.6 is 0 Å². The number of carbonyl (C=O) groups is 1. The Hall–Kier alpha value is -0.850. The van der Waals surface area contributed by atoms with Crippen molar-refractivity contribution < 1.29 is 14.4 Å². The van der Waals surface area contributed by atoms with E-state index in [0.29, 0.717) is 19.7 Å². The smallest absolute Gasteiger partial charge is 0.410 e. The van der Waals surface area contributed by atoms with Crippen LogP contribution in [-0.2, 0) is 9.57 Å². The molecule has 0 radical (unpaired) electrons. The number of nitrogens with zero attached hydrogens (tertiary/aromatic N) is 2. The van der Waals surface area contributed by atoms with Gasteiger partial charge in [-0.15, -0.1) is 0 Å². The Bertz CT molecular complexity index is 245. The summed E-state index contributed by atoms with van der Waals surface area (Å²) in [6.07, 6.45) is -0.229. The van der Waals surface area contributed by atoms with Crippen molar-refractivity contribution in [2.24, 2.45) is 5.90 Å². The molecular formula is C11H23N3O3. The summed E-state index contributed by atoms with van der Waals surface area (Å²) in [4.78, 5) is 20.3. The van der Waals surface area contributed by atoms with E-state index in [1.54, 1.807) is 4.90 Å². The average molecular weight is 245 g/mol. The van der Waals surface area contributed by atoms with E-state index in [4.69, 9.17) is 10.6 Å². The van der Waals surface area contributed by atoms with E-state index in [9.17, 15) is 4.79 Å². The van der Waals surface area contributed by atoms with Crippen molar-refractivity contribution in [1.82, 2.24) is 9.80 Å². The van der Waals surface area contributed by atoms with Crippen molar-refractivity contribution in [3.8, 4) is 0 Å². The second-order valence-electron chi connectivity index (χ2n) is 5.18. The maximum absolute atomic E-state index is 11.8. The zero-order chi connectivity index (χ0) is 12.9. The summed E-state index contributed by atoms with van der Waals surface area (Å²) >= 11 is 0. The molecule has 0 spiro atoms. The monoisotopic (exact) mass is 245 g/mol. The predicted molar refractivity (Wildman–Crippen MR) is 64.4 cm³/mol. The molecular weight excluding hydrogens is 222 g/mol. The molecule has 1 aliphatic rings. The fraction of sp³-hybridized carbons (Fsp3) is 0.909. The molecule has 1 rings (SSSR count). The van der Waals surface area contributed by atoms with Gasteiger partial charge in [-0.3, -0.25) is 4.90 Å². The van der Waals surface area contributed by atoms with Crippen molar-refractivity contribution in [3.63, 3.8) is 0 Å². The molecule has 1 fully saturated rings. The van der Waals surface area contributed by atoms with Gasteiger partial charge in [0.25, 0.3) is 0 Å². The van der Waals surface area contributed by atoms with Gasteiger partial charge in [-0.1, -0.05) is 0 Å². The topological polar surface area (TPSA) is 68.0 Å². The molecule has 0 aromatic heterocycles. The zero-order valence-corrected chi connectivity index (χ0v) is 10.9. The van der Waals surface area contributed by atoms with Crippen LogP contribution in [0.4, 0.5) is 4.79 Å². The lowest BCUT2D eigenvalue weighted by molar-refractivity contribution is 0.0115. The standard InChI is InChI=1S/C11H23N3O3/c1-11(2,3)17-10(15)14-6-4-13(5-7-14)8-9-16-12/h4-9,12H2,1-3H3. The molecule has 0 unspecified atom stereocenters. The van der Waals surface area contributed by atoms with E-state index >= 15 is 0 Å². The highest BCUT2D eigenvalue weighted by atomic mass is 16.6. The van der Waals surface area contributed by atoms with Crippen molar-refractivity contribution in [1.29, 1.82) is 0 Å². The first-order valence-electron chi connectivity index (χ1n) is 5.94. The number of amides is 1. The van der Waals surface area contributed by atoms with Crippen molar-refractivity contribution in [3.05, 3.63) is 0 Å². The summed E-state index contributed by atoms with van der Waals surface area (Å²) in [6, 6.07) is 0. The number of hydrogen-bond donors (Lipinski definition) is 1. The molecule has 1 amide bonds. The molecule has 6 nitrogen and oxygen atoms in total. The van der Waals surface area contributed by atoms with Gasteiger partial charge in [0, 0.05) is 32.7 Å². The molecule has 17 heavy (non-hydrogen) atoms. The zero-order valence-electron chi connectivity index (χ0n) is 10.9. The molecule has 0 saturated carbocycles. The van der Waals surface area contributed by atoms with E-state index in [0.717, 1.165) is 19.6 Å². The molecule has 0 atom stereocenters. The highest BCUT2D eigenvalue weighted by Crippen LogP contribution is 2.11. The van der Waals surface area contributed by atoms with Crippen LogP contribution in [0.2, 0.25) is 0 Å². The lowest BCUT2D eigenvalue weighted by Gasteiger charge is -2.35. The van der Waals surface area contributed by atoms with Crippen LogP contribution < -0.4 is 5.90 Å². The SMILES string of the molecule is CC(C)(C)OC(=O)N1CCN(CCON)CC1. The summed E-state index contributed by atoms with van der Waals surface area (Å²) in [5.41, 5.74) is -0.429. The Morgan fingerprint density at radius 2 is 1.82 bits per heavy atom. The van der Waals surface area contributed by atoms with Crippen LogP contribution in [0.15, 0.2) is 0 Å². The van der Waals surface area contributed by atoms with Gasteiger partial charge in [-0.2, -0.15) is 0 Å². The number of piperazine rings is 1. The van der Waals surface area contributed by atoms with Crippen LogP contribution in [-0.4, -0.2) is 60.8 Å². The molecule has 1 heterocycles. The first-order valence-corrected chi connectivity index (χ1v) is 5.94. The second-order valence-corrected chi connectivity index (χ2v) is 5.18. The average Bonchev–Trinajstić information content (AvgIpc) is 2.24. The summed E-state index contributed by atoms with van der Waals surface area (Å²) < 4.78 is 5.32. The summed E-state index contributed by atoms with van der Waals surface area (Å²) in [5.74, 6) is 4.98. The predicted octanol–water partition coefficient (Wildman–Crippen LogP) is 0.429. The van der Waals surface area contributed by atoms with Gasteiger partial charge in [0.1, 0.15) is 5.60 Å². The molecule has 6 heteroatoms. The second kappa shape index (κ2) is 6.18. The van der Waals surface area contributed by atoms with Crippen LogP contribution in [0.5, 0.6) is 0 Å². The first kappa shape index (κ1) is 14.2. The van der Waals surface area contributed by atoms with Crippen LogP contribution in [0.25, 0.3) is 0 Å². The number of nitrogens with two attached hydrogens (primary N) is 1. The third-order valence-corrected chi connectivity index (χ3v) is 2.55. The fourth-order valence-electron chi connectivity index (χ4n) is 1.66. The molecule has 0 aromatic carbocycles. The van der Waals surface area contributed by atoms with Gasteiger partial charge in [-0.05, 0) is 20.8 Å². The number of hydrogen-bond acceptors (Lipinski definition) is 5. The van der Waals surface area contributed by atoms with E-state index < -0.39 is 5.60 Å². The van der Waals surface area contributed by atoms with Gasteiger partial charge in [0.15, 0.2) is 0 Å².